The second-order valence-electron chi connectivity index (χ2n) is 8.23. The standard InChI is InChI=1S/C22H25N5O11S/c1-36-22(18(33)27-15(17(31)32)11(7-37-20(24)34)9-39-19(22)27)26-14(28)6-10-2-4-12(5-3-10)25-21(35)38-8-13(23)16(29)30/h2-5,13,19H,6-9,23H2,1H3,(H2,24,34)(H,25,35)(H,26,28)(H,29,30)(H,31,32)/t13-,19-,22+/m1/s1. The lowest BCUT2D eigenvalue weighted by molar-refractivity contribution is -0.192. The minimum atomic E-state index is -1.82. The van der Waals surface area contributed by atoms with Crippen LogP contribution in [0.2, 0.25) is 0 Å². The summed E-state index contributed by atoms with van der Waals surface area (Å²) in [4.78, 5) is 72.1. The normalized spacial score (nSPS) is 20.7. The monoisotopic (exact) mass is 567 g/mol. The molecule has 210 valence electrons. The SMILES string of the molecule is CO[C@@]1(NC(=O)Cc2ccc(NC(=O)OC[C@@H](N)C(=O)O)cc2)C(=O)N2C(C(=O)O)=C(COC(N)=O)CS[C@@H]21. The number of aliphatic carboxylic acids is 2. The second kappa shape index (κ2) is 12.0. The summed E-state index contributed by atoms with van der Waals surface area (Å²) >= 11 is 1.11. The van der Waals surface area contributed by atoms with Gasteiger partial charge < -0.3 is 41.2 Å². The molecule has 1 aromatic rings. The number of nitrogens with zero attached hydrogens (tertiary/aromatic N) is 1. The third-order valence-electron chi connectivity index (χ3n) is 5.62. The molecule has 2 heterocycles. The first-order chi connectivity index (χ1) is 18.4. The molecule has 0 aliphatic carbocycles. The summed E-state index contributed by atoms with van der Waals surface area (Å²) in [5.41, 5.74) is 8.97. The van der Waals surface area contributed by atoms with E-state index in [2.05, 4.69) is 15.4 Å². The molecule has 0 spiro atoms. The summed E-state index contributed by atoms with van der Waals surface area (Å²) in [5, 5.41) is 22.4. The van der Waals surface area contributed by atoms with Crippen LogP contribution in [0.3, 0.4) is 0 Å². The molecule has 2 aliphatic heterocycles. The van der Waals surface area contributed by atoms with Gasteiger partial charge >= 0.3 is 24.1 Å². The number of carbonyl (C=O) groups is 6. The first kappa shape index (κ1) is 29.2. The van der Waals surface area contributed by atoms with Crippen LogP contribution in [0.25, 0.3) is 0 Å². The van der Waals surface area contributed by atoms with Crippen LogP contribution < -0.4 is 22.1 Å². The largest absolute Gasteiger partial charge is 0.480 e. The van der Waals surface area contributed by atoms with E-state index < -0.39 is 66.3 Å². The van der Waals surface area contributed by atoms with Crippen LogP contribution in [-0.2, 0) is 39.8 Å². The van der Waals surface area contributed by atoms with E-state index in [1.54, 1.807) is 0 Å². The molecule has 3 rings (SSSR count). The summed E-state index contributed by atoms with van der Waals surface area (Å²) in [5.74, 6) is -4.08. The Morgan fingerprint density at radius 3 is 2.41 bits per heavy atom. The number of benzene rings is 1. The lowest BCUT2D eigenvalue weighted by Gasteiger charge is -2.55. The fourth-order valence-electron chi connectivity index (χ4n) is 3.75. The quantitative estimate of drug-likeness (QED) is 0.139. The molecular formula is C22H25N5O11S. The highest BCUT2D eigenvalue weighted by Gasteiger charge is 2.66. The highest BCUT2D eigenvalue weighted by atomic mass is 32.2. The van der Waals surface area contributed by atoms with Gasteiger partial charge in [0, 0.05) is 24.1 Å². The molecule has 1 fully saturated rings. The molecule has 3 atom stereocenters. The van der Waals surface area contributed by atoms with Crippen molar-refractivity contribution in [2.45, 2.75) is 23.6 Å². The van der Waals surface area contributed by atoms with Crippen molar-refractivity contribution in [2.24, 2.45) is 11.5 Å². The number of ether oxygens (including phenoxy) is 3. The molecule has 16 nitrogen and oxygen atoms in total. The second-order valence-corrected chi connectivity index (χ2v) is 9.30. The van der Waals surface area contributed by atoms with E-state index in [1.165, 1.54) is 31.4 Å². The zero-order valence-corrected chi connectivity index (χ0v) is 21.2. The minimum absolute atomic E-state index is 0.0729. The number of methoxy groups -OCH3 is 1. The maximum Gasteiger partial charge on any atom is 0.411 e. The minimum Gasteiger partial charge on any atom is -0.480 e. The number of primary amides is 1. The van der Waals surface area contributed by atoms with Gasteiger partial charge in [0.05, 0.1) is 6.42 Å². The fourth-order valence-corrected chi connectivity index (χ4v) is 5.17. The fraction of sp³-hybridized carbons (Fsp3) is 0.364. The van der Waals surface area contributed by atoms with Crippen molar-refractivity contribution < 1.29 is 53.2 Å². The maximum atomic E-state index is 13.1. The van der Waals surface area contributed by atoms with Crippen LogP contribution in [0.4, 0.5) is 15.3 Å². The highest BCUT2D eigenvalue weighted by Crippen LogP contribution is 2.46. The number of nitrogens with two attached hydrogens (primary N) is 2. The van der Waals surface area contributed by atoms with E-state index >= 15 is 0 Å². The van der Waals surface area contributed by atoms with Crippen molar-refractivity contribution in [3.8, 4) is 0 Å². The third kappa shape index (κ3) is 6.39. The van der Waals surface area contributed by atoms with E-state index in [0.29, 0.717) is 11.3 Å². The molecule has 2 aliphatic rings. The zero-order chi connectivity index (χ0) is 28.9. The Balaban J connectivity index is 1.62. The molecule has 1 saturated heterocycles. The smallest absolute Gasteiger partial charge is 0.411 e. The van der Waals surface area contributed by atoms with Crippen molar-refractivity contribution in [1.82, 2.24) is 10.2 Å². The molecule has 1 aromatic carbocycles. The van der Waals surface area contributed by atoms with Gasteiger partial charge in [0.15, 0.2) is 0 Å². The van der Waals surface area contributed by atoms with Gasteiger partial charge in [0.1, 0.15) is 30.3 Å². The average molecular weight is 568 g/mol. The summed E-state index contributed by atoms with van der Waals surface area (Å²) in [6.07, 6.45) is -2.21. The molecular weight excluding hydrogens is 542 g/mol. The number of hydrogen-bond donors (Lipinski definition) is 6. The van der Waals surface area contributed by atoms with Crippen molar-refractivity contribution in [3.63, 3.8) is 0 Å². The van der Waals surface area contributed by atoms with Crippen LogP contribution in [0.5, 0.6) is 0 Å². The number of rotatable bonds is 11. The molecule has 0 unspecified atom stereocenters. The number of carbonyl (C=O) groups excluding carboxylic acids is 4. The maximum absolute atomic E-state index is 13.1. The molecule has 8 N–H and O–H groups in total. The van der Waals surface area contributed by atoms with Gasteiger partial charge in [-0.25, -0.2) is 14.4 Å². The number of carboxylic acids is 2. The Labute approximate surface area is 224 Å². The predicted octanol–water partition coefficient (Wildman–Crippen LogP) is -1.00. The van der Waals surface area contributed by atoms with Gasteiger partial charge in [0.25, 0.3) is 11.6 Å². The van der Waals surface area contributed by atoms with Crippen LogP contribution in [0, 0.1) is 0 Å². The van der Waals surface area contributed by atoms with Crippen LogP contribution >= 0.6 is 11.8 Å². The Hall–Kier alpha value is -4.35. The molecule has 17 heteroatoms. The number of hydrogen-bond acceptors (Lipinski definition) is 11. The van der Waals surface area contributed by atoms with E-state index in [9.17, 15) is 33.9 Å². The van der Waals surface area contributed by atoms with E-state index in [0.717, 1.165) is 16.7 Å². The van der Waals surface area contributed by atoms with Gasteiger partial charge in [-0.1, -0.05) is 12.1 Å². The van der Waals surface area contributed by atoms with Crippen molar-refractivity contribution in [2.75, 3.05) is 31.4 Å². The number of anilines is 1. The van der Waals surface area contributed by atoms with E-state index in [1.807, 2.05) is 0 Å². The summed E-state index contributed by atoms with van der Waals surface area (Å²) in [6, 6.07) is 4.63. The number of nitrogens with one attached hydrogen (secondary N) is 2. The zero-order valence-electron chi connectivity index (χ0n) is 20.4. The van der Waals surface area contributed by atoms with Gasteiger partial charge in [0.2, 0.25) is 5.91 Å². The molecule has 39 heavy (non-hydrogen) atoms. The summed E-state index contributed by atoms with van der Waals surface area (Å²) < 4.78 is 14.8. The first-order valence-corrected chi connectivity index (χ1v) is 12.1. The molecule has 0 bridgehead atoms. The van der Waals surface area contributed by atoms with Crippen LogP contribution in [-0.4, -0.2) is 94.3 Å². The lowest BCUT2D eigenvalue weighted by Crippen LogP contribution is -2.80. The number of β-lactam (4-membered cyclic amide) rings is 1. The van der Waals surface area contributed by atoms with Crippen molar-refractivity contribution in [3.05, 3.63) is 41.1 Å². The Kier molecular flexibility index (Phi) is 9.00. The van der Waals surface area contributed by atoms with Crippen molar-refractivity contribution >= 4 is 53.4 Å². The van der Waals surface area contributed by atoms with E-state index in [-0.39, 0.29) is 23.4 Å². The van der Waals surface area contributed by atoms with Gasteiger partial charge in [-0.15, -0.1) is 11.8 Å². The number of thioether (sulfide) groups is 1. The van der Waals surface area contributed by atoms with Crippen molar-refractivity contribution in [1.29, 1.82) is 0 Å². The predicted molar refractivity (Wildman–Crippen MR) is 132 cm³/mol. The third-order valence-corrected chi connectivity index (χ3v) is 7.00. The molecule has 0 saturated carbocycles. The van der Waals surface area contributed by atoms with Gasteiger partial charge in [-0.05, 0) is 17.7 Å². The Morgan fingerprint density at radius 1 is 1.18 bits per heavy atom. The topological polar surface area (TPSA) is 250 Å². The molecule has 0 radical (unpaired) electrons. The average Bonchev–Trinajstić information content (AvgIpc) is 2.89. The Bertz CT molecular complexity index is 1220. The van der Waals surface area contributed by atoms with Gasteiger partial charge in [-0.3, -0.25) is 24.6 Å². The lowest BCUT2D eigenvalue weighted by atomic mass is 9.97. The molecule has 4 amide bonds. The first-order valence-electron chi connectivity index (χ1n) is 11.1. The molecule has 0 aromatic heterocycles. The number of amides is 4. The highest BCUT2D eigenvalue weighted by molar-refractivity contribution is 8.00. The van der Waals surface area contributed by atoms with E-state index in [4.69, 9.17) is 26.0 Å². The number of carboxylic acid groups (broad SMARTS) is 2. The Morgan fingerprint density at radius 2 is 1.85 bits per heavy atom. The van der Waals surface area contributed by atoms with Gasteiger partial charge in [-0.2, -0.15) is 0 Å². The van der Waals surface area contributed by atoms with Crippen LogP contribution in [0.1, 0.15) is 5.56 Å². The summed E-state index contributed by atoms with van der Waals surface area (Å²) in [6.45, 7) is -0.937. The van der Waals surface area contributed by atoms with Crippen LogP contribution in [0.15, 0.2) is 35.5 Å². The summed E-state index contributed by atoms with van der Waals surface area (Å²) in [7, 11) is 1.20. The number of fused-ring (bicyclic) bond motifs is 1.